The summed E-state index contributed by atoms with van der Waals surface area (Å²) in [5, 5.41) is 18.7. The number of nitrogens with zero attached hydrogens (tertiary/aromatic N) is 1. The van der Waals surface area contributed by atoms with Crippen LogP contribution in [0.15, 0.2) is 18.2 Å². The lowest BCUT2D eigenvalue weighted by Crippen LogP contribution is -2.39. The number of aliphatic hydroxyl groups excluding tert-OH is 1. The fraction of sp³-hybridized carbons (Fsp3) is 0.462. The van der Waals surface area contributed by atoms with Crippen molar-refractivity contribution in [2.45, 2.75) is 25.1 Å². The molecule has 1 unspecified atom stereocenters. The van der Waals surface area contributed by atoms with E-state index in [1.807, 2.05) is 0 Å². The summed E-state index contributed by atoms with van der Waals surface area (Å²) in [5.74, 6) is -1.41. The van der Waals surface area contributed by atoms with Gasteiger partial charge in [-0.1, -0.05) is 0 Å². The standard InChI is InChI=1S/C13H14F3NO3/c14-13(15,16)8-3-4-11(10(6-8)12(19)20)17-5-1-2-9(18)7-17/h3-4,6,9,18H,1-2,5,7H2,(H,19,20). The molecule has 110 valence electrons. The number of anilines is 1. The van der Waals surface area contributed by atoms with Crippen LogP contribution in [-0.2, 0) is 6.18 Å². The van der Waals surface area contributed by atoms with Crippen LogP contribution in [0.5, 0.6) is 0 Å². The second kappa shape index (κ2) is 5.32. The predicted molar refractivity (Wildman–Crippen MR) is 65.9 cm³/mol. The molecule has 2 N–H and O–H groups in total. The van der Waals surface area contributed by atoms with E-state index in [9.17, 15) is 23.1 Å². The molecule has 0 bridgehead atoms. The van der Waals surface area contributed by atoms with E-state index in [2.05, 4.69) is 0 Å². The van der Waals surface area contributed by atoms with Crippen molar-refractivity contribution in [2.75, 3.05) is 18.0 Å². The fourth-order valence-electron chi connectivity index (χ4n) is 2.33. The van der Waals surface area contributed by atoms with Gasteiger partial charge in [0, 0.05) is 13.1 Å². The minimum atomic E-state index is -4.58. The molecule has 0 amide bonds. The number of aliphatic hydroxyl groups is 1. The molecular weight excluding hydrogens is 275 g/mol. The van der Waals surface area contributed by atoms with Gasteiger partial charge in [0.05, 0.1) is 22.9 Å². The monoisotopic (exact) mass is 289 g/mol. The quantitative estimate of drug-likeness (QED) is 0.877. The molecule has 1 fully saturated rings. The molecule has 4 nitrogen and oxygen atoms in total. The Labute approximate surface area is 113 Å². The molecule has 1 saturated heterocycles. The van der Waals surface area contributed by atoms with E-state index in [1.165, 1.54) is 0 Å². The van der Waals surface area contributed by atoms with Gasteiger partial charge >= 0.3 is 12.1 Å². The normalized spacial score (nSPS) is 20.0. The van der Waals surface area contributed by atoms with Crippen molar-refractivity contribution in [2.24, 2.45) is 0 Å². The van der Waals surface area contributed by atoms with E-state index in [0.29, 0.717) is 25.5 Å². The van der Waals surface area contributed by atoms with Gasteiger partial charge in [-0.05, 0) is 31.0 Å². The number of carbonyl (C=O) groups is 1. The molecular formula is C13H14F3NO3. The van der Waals surface area contributed by atoms with E-state index < -0.39 is 29.4 Å². The van der Waals surface area contributed by atoms with Crippen LogP contribution < -0.4 is 4.90 Å². The molecule has 7 heteroatoms. The highest BCUT2D eigenvalue weighted by Crippen LogP contribution is 2.33. The van der Waals surface area contributed by atoms with Gasteiger partial charge in [0.1, 0.15) is 0 Å². The van der Waals surface area contributed by atoms with Gasteiger partial charge in [-0.3, -0.25) is 0 Å². The van der Waals surface area contributed by atoms with Crippen molar-refractivity contribution in [3.05, 3.63) is 29.3 Å². The molecule has 1 atom stereocenters. The van der Waals surface area contributed by atoms with E-state index in [1.54, 1.807) is 4.90 Å². The van der Waals surface area contributed by atoms with Crippen molar-refractivity contribution >= 4 is 11.7 Å². The molecule has 1 heterocycles. The Hall–Kier alpha value is -1.76. The van der Waals surface area contributed by atoms with E-state index in [-0.39, 0.29) is 12.2 Å². The number of hydrogen-bond acceptors (Lipinski definition) is 3. The average Bonchev–Trinajstić information content (AvgIpc) is 2.37. The van der Waals surface area contributed by atoms with Gasteiger partial charge < -0.3 is 15.1 Å². The molecule has 0 spiro atoms. The Morgan fingerprint density at radius 1 is 1.35 bits per heavy atom. The summed E-state index contributed by atoms with van der Waals surface area (Å²) in [6, 6.07) is 2.66. The Morgan fingerprint density at radius 3 is 2.60 bits per heavy atom. The average molecular weight is 289 g/mol. The Kier molecular flexibility index (Phi) is 3.89. The highest BCUT2D eigenvalue weighted by atomic mass is 19.4. The highest BCUT2D eigenvalue weighted by molar-refractivity contribution is 5.94. The highest BCUT2D eigenvalue weighted by Gasteiger charge is 2.32. The summed E-state index contributed by atoms with van der Waals surface area (Å²) >= 11 is 0. The van der Waals surface area contributed by atoms with Crippen LogP contribution in [-0.4, -0.2) is 35.4 Å². The Balaban J connectivity index is 2.40. The molecule has 0 radical (unpaired) electrons. The molecule has 0 saturated carbocycles. The second-order valence-corrected chi connectivity index (χ2v) is 4.78. The molecule has 1 aliphatic rings. The van der Waals surface area contributed by atoms with Crippen LogP contribution in [0, 0.1) is 0 Å². The number of β-amino-alcohol motifs (C(OH)–C–C–N with tert-alkyl or cyclic N) is 1. The largest absolute Gasteiger partial charge is 0.478 e. The molecule has 0 aromatic heterocycles. The number of piperidine rings is 1. The third kappa shape index (κ3) is 3.04. The van der Waals surface area contributed by atoms with E-state index in [4.69, 9.17) is 5.11 Å². The molecule has 20 heavy (non-hydrogen) atoms. The van der Waals surface area contributed by atoms with Gasteiger partial charge in [0.25, 0.3) is 0 Å². The van der Waals surface area contributed by atoms with Crippen molar-refractivity contribution in [3.8, 4) is 0 Å². The summed E-state index contributed by atoms with van der Waals surface area (Å²) in [6.07, 6.45) is -3.89. The first-order valence-corrected chi connectivity index (χ1v) is 6.16. The SMILES string of the molecule is O=C(O)c1cc(C(F)(F)F)ccc1N1CCCC(O)C1. The Morgan fingerprint density at radius 2 is 2.05 bits per heavy atom. The first-order chi connectivity index (χ1) is 9.29. The van der Waals surface area contributed by atoms with Crippen LogP contribution in [0.4, 0.5) is 18.9 Å². The van der Waals surface area contributed by atoms with Gasteiger partial charge in [-0.25, -0.2) is 4.79 Å². The lowest BCUT2D eigenvalue weighted by Gasteiger charge is -2.33. The summed E-state index contributed by atoms with van der Waals surface area (Å²) in [4.78, 5) is 12.8. The molecule has 2 rings (SSSR count). The predicted octanol–water partition coefficient (Wildman–Crippen LogP) is 2.36. The van der Waals surface area contributed by atoms with Crippen LogP contribution >= 0.6 is 0 Å². The van der Waals surface area contributed by atoms with E-state index in [0.717, 1.165) is 12.1 Å². The number of carboxylic acid groups (broad SMARTS) is 1. The van der Waals surface area contributed by atoms with Crippen molar-refractivity contribution < 1.29 is 28.2 Å². The van der Waals surface area contributed by atoms with Crippen LogP contribution in [0.3, 0.4) is 0 Å². The minimum absolute atomic E-state index is 0.212. The van der Waals surface area contributed by atoms with Crippen LogP contribution in [0.25, 0.3) is 0 Å². The van der Waals surface area contributed by atoms with Crippen molar-refractivity contribution in [1.29, 1.82) is 0 Å². The molecule has 1 aliphatic heterocycles. The zero-order chi connectivity index (χ0) is 14.9. The zero-order valence-electron chi connectivity index (χ0n) is 10.5. The third-order valence-corrected chi connectivity index (χ3v) is 3.29. The topological polar surface area (TPSA) is 60.8 Å². The number of halogens is 3. The molecule has 1 aromatic carbocycles. The van der Waals surface area contributed by atoms with Crippen molar-refractivity contribution in [1.82, 2.24) is 0 Å². The second-order valence-electron chi connectivity index (χ2n) is 4.78. The number of rotatable bonds is 2. The zero-order valence-corrected chi connectivity index (χ0v) is 10.5. The number of benzene rings is 1. The van der Waals surface area contributed by atoms with E-state index >= 15 is 0 Å². The smallest absolute Gasteiger partial charge is 0.416 e. The van der Waals surface area contributed by atoms with Gasteiger partial charge in [0.15, 0.2) is 0 Å². The maximum Gasteiger partial charge on any atom is 0.416 e. The first kappa shape index (κ1) is 14.6. The summed E-state index contributed by atoms with van der Waals surface area (Å²) in [7, 11) is 0. The number of hydrogen-bond donors (Lipinski definition) is 2. The van der Waals surface area contributed by atoms with Crippen LogP contribution in [0.2, 0.25) is 0 Å². The number of alkyl halides is 3. The molecule has 0 aliphatic carbocycles. The summed E-state index contributed by atoms with van der Waals surface area (Å²) < 4.78 is 37.9. The third-order valence-electron chi connectivity index (χ3n) is 3.29. The number of aromatic carboxylic acids is 1. The lowest BCUT2D eigenvalue weighted by atomic mass is 10.0. The fourth-order valence-corrected chi connectivity index (χ4v) is 2.33. The van der Waals surface area contributed by atoms with Gasteiger partial charge in [-0.2, -0.15) is 13.2 Å². The summed E-state index contributed by atoms with van der Waals surface area (Å²) in [5.41, 5.74) is -1.17. The van der Waals surface area contributed by atoms with Crippen LogP contribution in [0.1, 0.15) is 28.8 Å². The minimum Gasteiger partial charge on any atom is -0.478 e. The van der Waals surface area contributed by atoms with Crippen molar-refractivity contribution in [3.63, 3.8) is 0 Å². The summed E-state index contributed by atoms with van der Waals surface area (Å²) in [6.45, 7) is 0.744. The maximum absolute atomic E-state index is 12.6. The maximum atomic E-state index is 12.6. The van der Waals surface area contributed by atoms with Gasteiger partial charge in [-0.15, -0.1) is 0 Å². The Bertz CT molecular complexity index is 516. The first-order valence-electron chi connectivity index (χ1n) is 6.16. The number of carboxylic acids is 1. The lowest BCUT2D eigenvalue weighted by molar-refractivity contribution is -0.137. The molecule has 1 aromatic rings. The van der Waals surface area contributed by atoms with Gasteiger partial charge in [0.2, 0.25) is 0 Å².